The molecule has 4 rings (SSSR count). The van der Waals surface area contributed by atoms with E-state index in [-0.39, 0.29) is 8.22 Å². The van der Waals surface area contributed by atoms with Gasteiger partial charge in [0.1, 0.15) is 0 Å². The zero-order valence-corrected chi connectivity index (χ0v) is 19.6. The van der Waals surface area contributed by atoms with Crippen molar-refractivity contribution in [3.63, 3.8) is 0 Å². The predicted molar refractivity (Wildman–Crippen MR) is 123 cm³/mol. The third kappa shape index (κ3) is 3.52. The highest BCUT2D eigenvalue weighted by atomic mass is 32.3. The summed E-state index contributed by atoms with van der Waals surface area (Å²) in [5.74, 6) is 1.59. The number of hydrogen-bond acceptors (Lipinski definition) is 3. The molecule has 4 atom stereocenters. The summed E-state index contributed by atoms with van der Waals surface area (Å²) in [6.45, 7) is 10.2. The molecule has 1 saturated heterocycles. The Balaban J connectivity index is 1.66. The van der Waals surface area contributed by atoms with Crippen molar-refractivity contribution in [2.24, 2.45) is 16.8 Å². The highest BCUT2D eigenvalue weighted by Crippen LogP contribution is 2.74. The molecule has 1 aliphatic heterocycles. The average molecular weight is 406 g/mol. The van der Waals surface area contributed by atoms with Crippen LogP contribution in [-0.2, 0) is 0 Å². The van der Waals surface area contributed by atoms with Crippen molar-refractivity contribution in [1.82, 2.24) is 8.57 Å². The van der Waals surface area contributed by atoms with Crippen LogP contribution in [0.4, 0.5) is 5.69 Å². The Morgan fingerprint density at radius 2 is 1.89 bits per heavy atom. The van der Waals surface area contributed by atoms with Gasteiger partial charge in [0.25, 0.3) is 0 Å². The molecule has 0 spiro atoms. The fourth-order valence-corrected chi connectivity index (χ4v) is 12.6. The van der Waals surface area contributed by atoms with Gasteiger partial charge >= 0.3 is 0 Å². The molecule has 2 saturated carbocycles. The number of fused-ring (bicyclic) bond motifs is 2. The van der Waals surface area contributed by atoms with Crippen LogP contribution < -0.4 is 4.49 Å². The quantitative estimate of drug-likeness (QED) is 0.574. The fourth-order valence-electron chi connectivity index (χ4n) is 5.35. The molecule has 2 aliphatic carbocycles. The molecule has 0 aromatic heterocycles. The average Bonchev–Trinajstić information content (AvgIpc) is 3.17. The van der Waals surface area contributed by atoms with Crippen LogP contribution in [0, 0.1) is 32.6 Å². The van der Waals surface area contributed by atoms with Crippen molar-refractivity contribution in [2.75, 3.05) is 19.1 Å². The maximum Gasteiger partial charge on any atom is 0.0687 e. The molecule has 4 unspecified atom stereocenters. The Morgan fingerprint density at radius 1 is 1.19 bits per heavy atom. The van der Waals surface area contributed by atoms with Crippen LogP contribution in [-0.4, -0.2) is 34.5 Å². The maximum absolute atomic E-state index is 5.40. The molecule has 27 heavy (non-hydrogen) atoms. The second kappa shape index (κ2) is 7.44. The van der Waals surface area contributed by atoms with Crippen molar-refractivity contribution in [3.8, 4) is 0 Å². The first-order valence-electron chi connectivity index (χ1n) is 10.6. The van der Waals surface area contributed by atoms with Gasteiger partial charge in [-0.05, 0) is 81.9 Å². The number of aliphatic imine (C=N–C) groups is 1. The molecule has 2 bridgehead atoms. The van der Waals surface area contributed by atoms with Gasteiger partial charge in [-0.1, -0.05) is 31.0 Å². The van der Waals surface area contributed by atoms with Gasteiger partial charge in [0, 0.05) is 17.9 Å². The maximum atomic E-state index is 5.40. The lowest BCUT2D eigenvalue weighted by atomic mass is 9.97. The monoisotopic (exact) mass is 405 g/mol. The van der Waals surface area contributed by atoms with E-state index in [9.17, 15) is 0 Å². The molecular weight excluding hydrogens is 369 g/mol. The molecule has 3 fully saturated rings. The molecule has 5 heteroatoms. The predicted octanol–water partition coefficient (Wildman–Crippen LogP) is 6.39. The molecule has 1 aromatic rings. The third-order valence-corrected chi connectivity index (χ3v) is 14.0. The molecular formula is C22H36N3PS. The number of benzene rings is 1. The Kier molecular flexibility index (Phi) is 5.48. The zero-order chi connectivity index (χ0) is 19.3. The molecule has 1 heterocycles. The van der Waals surface area contributed by atoms with E-state index in [1.54, 1.807) is 0 Å². The lowest BCUT2D eigenvalue weighted by molar-refractivity contribution is 0.560. The van der Waals surface area contributed by atoms with E-state index in [1.807, 2.05) is 0 Å². The number of nitrogens with zero attached hydrogens (tertiary/aromatic N) is 2. The zero-order valence-electron chi connectivity index (χ0n) is 17.9. The summed E-state index contributed by atoms with van der Waals surface area (Å²) >= 11 is 0. The van der Waals surface area contributed by atoms with Gasteiger partial charge in [0.05, 0.1) is 13.9 Å². The van der Waals surface area contributed by atoms with Crippen LogP contribution in [0.3, 0.4) is 0 Å². The normalized spacial score (nSPS) is 34.8. The van der Waals surface area contributed by atoms with Crippen LogP contribution in [0.15, 0.2) is 17.1 Å². The first-order chi connectivity index (χ1) is 12.8. The van der Waals surface area contributed by atoms with Crippen molar-refractivity contribution < 1.29 is 0 Å². The van der Waals surface area contributed by atoms with E-state index in [0.717, 1.165) is 11.8 Å². The van der Waals surface area contributed by atoms with E-state index >= 15 is 0 Å². The number of aryl methyl sites for hydroxylation is 3. The van der Waals surface area contributed by atoms with Crippen LogP contribution in [0.25, 0.3) is 0 Å². The molecule has 3 nitrogen and oxygen atoms in total. The van der Waals surface area contributed by atoms with Gasteiger partial charge in [-0.2, -0.15) is 0 Å². The van der Waals surface area contributed by atoms with Gasteiger partial charge in [0.15, 0.2) is 0 Å². The summed E-state index contributed by atoms with van der Waals surface area (Å²) in [7, 11) is -1.01. The van der Waals surface area contributed by atoms with Crippen LogP contribution >= 0.6 is 18.6 Å². The SMILES string of the molecule is CCCCN1P(C2/C(=N/c3c(C)cc(C)cc3C)C3CCC2C3)NS1(C)C. The Hall–Kier alpha value is -0.410. The van der Waals surface area contributed by atoms with Gasteiger partial charge in [-0.3, -0.25) is 4.99 Å². The van der Waals surface area contributed by atoms with E-state index in [4.69, 9.17) is 4.99 Å². The van der Waals surface area contributed by atoms with Gasteiger partial charge in [-0.25, -0.2) is 8.57 Å². The van der Waals surface area contributed by atoms with Crippen LogP contribution in [0.2, 0.25) is 0 Å². The van der Waals surface area contributed by atoms with Gasteiger partial charge in [-0.15, -0.1) is 10.4 Å². The van der Waals surface area contributed by atoms with E-state index in [0.29, 0.717) is 5.66 Å². The largest absolute Gasteiger partial charge is 0.256 e. The minimum absolute atomic E-state index is 0.248. The topological polar surface area (TPSA) is 27.6 Å². The van der Waals surface area contributed by atoms with Crippen molar-refractivity contribution >= 4 is 30.0 Å². The van der Waals surface area contributed by atoms with Crippen LogP contribution in [0.1, 0.15) is 55.7 Å². The molecule has 150 valence electrons. The first-order valence-corrected chi connectivity index (χ1v) is 14.3. The summed E-state index contributed by atoms with van der Waals surface area (Å²) in [5, 5.41) is 0. The molecule has 0 radical (unpaired) electrons. The Labute approximate surface area is 168 Å². The second-order valence-corrected chi connectivity index (χ2v) is 14.9. The van der Waals surface area contributed by atoms with Crippen molar-refractivity contribution in [3.05, 3.63) is 28.8 Å². The number of hydrogen-bond donors (Lipinski definition) is 1. The Morgan fingerprint density at radius 3 is 2.52 bits per heavy atom. The van der Waals surface area contributed by atoms with Crippen molar-refractivity contribution in [2.45, 2.75) is 65.5 Å². The lowest BCUT2D eigenvalue weighted by Crippen LogP contribution is -2.49. The molecule has 1 N–H and O–H groups in total. The molecule has 3 aliphatic rings. The van der Waals surface area contributed by atoms with Crippen molar-refractivity contribution in [1.29, 1.82) is 0 Å². The summed E-state index contributed by atoms with van der Waals surface area (Å²) < 4.78 is 6.91. The van der Waals surface area contributed by atoms with Crippen LogP contribution in [0.5, 0.6) is 0 Å². The highest BCUT2D eigenvalue weighted by molar-refractivity contribution is 8.38. The third-order valence-electron chi connectivity index (χ3n) is 6.57. The van der Waals surface area contributed by atoms with E-state index in [2.05, 4.69) is 60.9 Å². The molecule has 1 aromatic carbocycles. The molecule has 0 amide bonds. The summed E-state index contributed by atoms with van der Waals surface area (Å²) in [5.41, 5.74) is 7.48. The smallest absolute Gasteiger partial charge is 0.0687 e. The summed E-state index contributed by atoms with van der Waals surface area (Å²) in [6, 6.07) is 4.59. The lowest BCUT2D eigenvalue weighted by Gasteiger charge is -2.61. The van der Waals surface area contributed by atoms with Gasteiger partial charge in [0.2, 0.25) is 0 Å². The van der Waals surface area contributed by atoms with E-state index < -0.39 is 10.4 Å². The fraction of sp³-hybridized carbons (Fsp3) is 0.682. The van der Waals surface area contributed by atoms with Gasteiger partial charge < -0.3 is 0 Å². The standard InChI is InChI=1S/C22H36N3PS/c1-7-8-11-25-26(24-27(25,5)6)22-19-10-9-18(14-19)21(22)23-20-16(3)12-15(2)13-17(20)4/h12-13,18-19,22,24H,7-11,14H2,1-6H3/b23-21+. The number of nitrogens with one attached hydrogen (secondary N) is 1. The number of rotatable bonds is 5. The highest BCUT2D eigenvalue weighted by Gasteiger charge is 2.55. The first kappa shape index (κ1) is 19.9. The minimum Gasteiger partial charge on any atom is -0.256 e. The second-order valence-electron chi connectivity index (χ2n) is 9.14. The summed E-state index contributed by atoms with van der Waals surface area (Å²) in [4.78, 5) is 5.40. The Bertz CT molecular complexity index is 737. The number of unbranched alkanes of at least 4 members (excludes halogenated alkanes) is 1. The van der Waals surface area contributed by atoms with E-state index in [1.165, 1.54) is 66.7 Å². The minimum atomic E-state index is -0.759. The summed E-state index contributed by atoms with van der Waals surface area (Å²) in [6.07, 6.45) is 11.6.